The first-order valence-electron chi connectivity index (χ1n) is 0.447. The Morgan fingerprint density at radius 1 is 1.25 bits per heavy atom. The summed E-state index contributed by atoms with van der Waals surface area (Å²) in [4.78, 5) is 0. The Hall–Kier alpha value is 0.310. The SMILES string of the molecule is C.CO.S. The van der Waals surface area contributed by atoms with E-state index in [9.17, 15) is 0 Å². The van der Waals surface area contributed by atoms with Crippen molar-refractivity contribution in [3.63, 3.8) is 0 Å². The molecule has 0 aromatic carbocycles. The third-order valence-electron chi connectivity index (χ3n) is 0. The van der Waals surface area contributed by atoms with Crippen LogP contribution in [0.1, 0.15) is 7.43 Å². The maximum Gasteiger partial charge on any atom is 0.0319 e. The molecular weight excluding hydrogens is 72.1 g/mol. The van der Waals surface area contributed by atoms with Crippen molar-refractivity contribution in [3.05, 3.63) is 0 Å². The first-order valence-corrected chi connectivity index (χ1v) is 0.447. The number of aliphatic hydroxyl groups is 1. The molecule has 0 aromatic rings. The van der Waals surface area contributed by atoms with E-state index in [-0.39, 0.29) is 20.9 Å². The van der Waals surface area contributed by atoms with Crippen LogP contribution in [-0.4, -0.2) is 12.2 Å². The summed E-state index contributed by atoms with van der Waals surface area (Å²) >= 11 is 0. The molecule has 2 heteroatoms. The lowest BCUT2D eigenvalue weighted by molar-refractivity contribution is 0.399. The van der Waals surface area contributed by atoms with Crippen molar-refractivity contribution in [1.82, 2.24) is 0 Å². The summed E-state index contributed by atoms with van der Waals surface area (Å²) < 4.78 is 0. The van der Waals surface area contributed by atoms with Crippen LogP contribution in [0.15, 0.2) is 0 Å². The van der Waals surface area contributed by atoms with Gasteiger partial charge < -0.3 is 5.11 Å². The van der Waals surface area contributed by atoms with Gasteiger partial charge in [0.15, 0.2) is 0 Å². The van der Waals surface area contributed by atoms with E-state index in [4.69, 9.17) is 5.11 Å². The summed E-state index contributed by atoms with van der Waals surface area (Å²) in [5.41, 5.74) is 0. The van der Waals surface area contributed by atoms with Crippen molar-refractivity contribution in [3.8, 4) is 0 Å². The zero-order chi connectivity index (χ0) is 2.00. The topological polar surface area (TPSA) is 20.2 Å². The van der Waals surface area contributed by atoms with Crippen molar-refractivity contribution >= 4 is 13.5 Å². The summed E-state index contributed by atoms with van der Waals surface area (Å²) in [5, 5.41) is 7.00. The van der Waals surface area contributed by atoms with Gasteiger partial charge in [-0.05, 0) is 0 Å². The summed E-state index contributed by atoms with van der Waals surface area (Å²) in [6, 6.07) is 0. The Labute approximate surface area is 34.1 Å². The van der Waals surface area contributed by atoms with E-state index in [1.165, 1.54) is 0 Å². The first-order chi connectivity index (χ1) is 1.00. The van der Waals surface area contributed by atoms with Crippen LogP contribution in [0, 0.1) is 0 Å². The highest BCUT2D eigenvalue weighted by atomic mass is 32.1. The standard InChI is InChI=1S/CH4O.CH4.H2S/c1-2;;/h2H,1H3;1H4;1H2. The van der Waals surface area contributed by atoms with E-state index in [0.717, 1.165) is 7.11 Å². The van der Waals surface area contributed by atoms with Crippen molar-refractivity contribution in [2.24, 2.45) is 0 Å². The van der Waals surface area contributed by atoms with E-state index in [1.54, 1.807) is 0 Å². The molecule has 0 saturated carbocycles. The minimum Gasteiger partial charge on any atom is -0.400 e. The van der Waals surface area contributed by atoms with Gasteiger partial charge in [-0.3, -0.25) is 0 Å². The van der Waals surface area contributed by atoms with Crippen LogP contribution in [-0.2, 0) is 0 Å². The highest BCUT2D eigenvalue weighted by Gasteiger charge is 0.839. The average Bonchev–Trinajstić information content (AvgIpc) is 1.00. The quantitative estimate of drug-likeness (QED) is 0.447. The van der Waals surface area contributed by atoms with E-state index < -0.39 is 0 Å². The second-order valence-corrected chi connectivity index (χ2v) is 0. The number of aliphatic hydroxyl groups excluding tert-OH is 1. The van der Waals surface area contributed by atoms with Gasteiger partial charge in [0.25, 0.3) is 0 Å². The normalized spacial score (nSPS) is 1.50. The van der Waals surface area contributed by atoms with Gasteiger partial charge in [0.1, 0.15) is 0 Å². The van der Waals surface area contributed by atoms with Crippen LogP contribution in [0.3, 0.4) is 0 Å². The molecule has 1 nitrogen and oxygen atoms in total. The fraction of sp³-hybridized carbons (Fsp3) is 1.00. The highest BCUT2D eigenvalue weighted by Crippen LogP contribution is 0.755. The Bertz CT molecular complexity index is 6.00. The van der Waals surface area contributed by atoms with E-state index in [1.807, 2.05) is 0 Å². The van der Waals surface area contributed by atoms with Gasteiger partial charge in [-0.1, -0.05) is 7.43 Å². The Balaban J connectivity index is -0.00000000500. The van der Waals surface area contributed by atoms with E-state index in [0.29, 0.717) is 0 Å². The molecule has 0 unspecified atom stereocenters. The average molecular weight is 82.2 g/mol. The summed E-state index contributed by atoms with van der Waals surface area (Å²) in [7, 11) is 1.00. The second kappa shape index (κ2) is 184. The van der Waals surface area contributed by atoms with Gasteiger partial charge >= 0.3 is 0 Å². The van der Waals surface area contributed by atoms with Gasteiger partial charge in [0.2, 0.25) is 0 Å². The third-order valence-corrected chi connectivity index (χ3v) is 0. The molecular formula is C2H10OS. The summed E-state index contributed by atoms with van der Waals surface area (Å²) in [6.45, 7) is 0. The maximum absolute atomic E-state index is 7.00. The first kappa shape index (κ1) is 27.5. The third kappa shape index (κ3) is 41.3. The molecule has 0 aromatic heterocycles. The van der Waals surface area contributed by atoms with Crippen LogP contribution in [0.2, 0.25) is 0 Å². The van der Waals surface area contributed by atoms with Gasteiger partial charge in [-0.15, -0.1) is 0 Å². The number of hydrogen-bond acceptors (Lipinski definition) is 1. The smallest absolute Gasteiger partial charge is 0.0319 e. The summed E-state index contributed by atoms with van der Waals surface area (Å²) in [6.07, 6.45) is 0. The number of hydrogen-bond donors (Lipinski definition) is 1. The number of rotatable bonds is 0. The molecule has 30 valence electrons. The Morgan fingerprint density at radius 2 is 1.25 bits per heavy atom. The molecule has 0 atom stereocenters. The molecule has 0 aliphatic heterocycles. The zero-order valence-corrected chi connectivity index (χ0v) is 2.95. The van der Waals surface area contributed by atoms with Gasteiger partial charge in [-0.2, -0.15) is 13.5 Å². The van der Waals surface area contributed by atoms with Crippen LogP contribution in [0.5, 0.6) is 0 Å². The molecule has 0 heterocycles. The zero-order valence-electron chi connectivity index (χ0n) is 1.95. The minimum atomic E-state index is 0. The van der Waals surface area contributed by atoms with Crippen molar-refractivity contribution < 1.29 is 5.11 Å². The molecule has 0 aliphatic carbocycles. The molecule has 0 aliphatic rings. The molecule has 0 radical (unpaired) electrons. The van der Waals surface area contributed by atoms with Crippen LogP contribution < -0.4 is 0 Å². The lowest BCUT2D eigenvalue weighted by Gasteiger charge is -1.21. The van der Waals surface area contributed by atoms with Gasteiger partial charge in [0.05, 0.1) is 0 Å². The summed E-state index contributed by atoms with van der Waals surface area (Å²) in [5.74, 6) is 0. The molecule has 0 bridgehead atoms. The fourth-order valence-corrected chi connectivity index (χ4v) is 0. The largest absolute Gasteiger partial charge is 0.400 e. The lowest BCUT2D eigenvalue weighted by Crippen LogP contribution is -1.25. The van der Waals surface area contributed by atoms with Gasteiger partial charge in [-0.25, -0.2) is 0 Å². The molecule has 0 fully saturated rings. The van der Waals surface area contributed by atoms with Crippen LogP contribution in [0.25, 0.3) is 0 Å². The lowest BCUT2D eigenvalue weighted by atomic mass is 11.8. The Morgan fingerprint density at radius 3 is 1.25 bits per heavy atom. The van der Waals surface area contributed by atoms with Gasteiger partial charge in [0, 0.05) is 7.11 Å². The van der Waals surface area contributed by atoms with Crippen LogP contribution >= 0.6 is 13.5 Å². The molecule has 0 amide bonds. The monoisotopic (exact) mass is 82.0 g/mol. The van der Waals surface area contributed by atoms with Crippen molar-refractivity contribution in [2.75, 3.05) is 7.11 Å². The predicted octanol–water partition coefficient (Wildman–Crippen LogP) is 0.357. The fourth-order valence-electron chi connectivity index (χ4n) is 0. The minimum absolute atomic E-state index is 0. The highest BCUT2D eigenvalue weighted by molar-refractivity contribution is 7.59. The maximum atomic E-state index is 7.00. The van der Waals surface area contributed by atoms with E-state index in [2.05, 4.69) is 0 Å². The second-order valence-electron chi connectivity index (χ2n) is 0. The predicted molar refractivity (Wildman–Crippen MR) is 25.3 cm³/mol. The Kier molecular flexibility index (Phi) is 1260. The van der Waals surface area contributed by atoms with Crippen molar-refractivity contribution in [1.29, 1.82) is 0 Å². The molecule has 4 heavy (non-hydrogen) atoms. The molecule has 0 spiro atoms. The molecule has 1 N–H and O–H groups in total. The van der Waals surface area contributed by atoms with E-state index >= 15 is 0 Å². The molecule has 0 rings (SSSR count). The van der Waals surface area contributed by atoms with Crippen LogP contribution in [0.4, 0.5) is 0 Å². The van der Waals surface area contributed by atoms with Crippen molar-refractivity contribution in [2.45, 2.75) is 7.43 Å². The molecule has 0 saturated heterocycles.